The van der Waals surface area contributed by atoms with Gasteiger partial charge in [0.05, 0.1) is 9.85 Å². The maximum absolute atomic E-state index is 12.7. The Morgan fingerprint density at radius 2 is 1.56 bits per heavy atom. The van der Waals surface area contributed by atoms with Crippen LogP contribution in [0.2, 0.25) is 0 Å². The van der Waals surface area contributed by atoms with Crippen molar-refractivity contribution in [2.75, 3.05) is 31.1 Å². The number of carbonyl (C=O) groups excluding carboxylic acids is 1. The Bertz CT molecular complexity index is 889. The van der Waals surface area contributed by atoms with Crippen molar-refractivity contribution in [2.24, 2.45) is 0 Å². The topological polar surface area (TPSA) is 110 Å². The molecular weight excluding hydrogens is 352 g/mol. The van der Waals surface area contributed by atoms with Crippen molar-refractivity contribution < 1.29 is 14.6 Å². The second-order valence-corrected chi connectivity index (χ2v) is 6.31. The number of nitro benzene ring substituents is 2. The first-order valence-electron chi connectivity index (χ1n) is 8.40. The molecule has 0 aliphatic carbocycles. The van der Waals surface area contributed by atoms with Gasteiger partial charge in [0.2, 0.25) is 0 Å². The smallest absolute Gasteiger partial charge is 0.272 e. The van der Waals surface area contributed by atoms with Gasteiger partial charge in [-0.3, -0.25) is 25.0 Å². The van der Waals surface area contributed by atoms with Crippen LogP contribution in [0, 0.1) is 27.2 Å². The summed E-state index contributed by atoms with van der Waals surface area (Å²) in [5.74, 6) is -0.156. The van der Waals surface area contributed by atoms with E-state index in [1.807, 2.05) is 0 Å². The molecule has 9 heteroatoms. The molecule has 9 nitrogen and oxygen atoms in total. The van der Waals surface area contributed by atoms with Gasteiger partial charge in [-0.25, -0.2) is 0 Å². The molecular formula is C18H18N4O5. The van der Waals surface area contributed by atoms with Crippen molar-refractivity contribution in [3.05, 3.63) is 73.8 Å². The third-order valence-corrected chi connectivity index (χ3v) is 4.63. The van der Waals surface area contributed by atoms with Crippen LogP contribution in [0.1, 0.15) is 15.9 Å². The molecule has 1 aliphatic heterocycles. The lowest BCUT2D eigenvalue weighted by atomic mass is 10.1. The zero-order valence-corrected chi connectivity index (χ0v) is 14.7. The average Bonchev–Trinajstić information content (AvgIpc) is 2.67. The number of benzene rings is 2. The summed E-state index contributed by atoms with van der Waals surface area (Å²) < 4.78 is 0. The minimum Gasteiger partial charge on any atom is -0.368 e. The van der Waals surface area contributed by atoms with Crippen LogP contribution in [0.5, 0.6) is 0 Å². The van der Waals surface area contributed by atoms with Gasteiger partial charge in [0, 0.05) is 61.2 Å². The van der Waals surface area contributed by atoms with Crippen LogP contribution in [0.15, 0.2) is 42.5 Å². The first kappa shape index (κ1) is 18.3. The SMILES string of the molecule is Cc1cc(C(=O)N2CCN(c3ccc([N+](=O)[O-])cc3)CC2)ccc1[N+](=O)[O-]. The fourth-order valence-electron chi connectivity index (χ4n) is 3.13. The Morgan fingerprint density at radius 1 is 0.926 bits per heavy atom. The minimum atomic E-state index is -0.466. The van der Waals surface area contributed by atoms with Gasteiger partial charge in [0.1, 0.15) is 0 Å². The normalized spacial score (nSPS) is 14.1. The molecule has 0 radical (unpaired) electrons. The average molecular weight is 370 g/mol. The zero-order valence-electron chi connectivity index (χ0n) is 14.7. The van der Waals surface area contributed by atoms with Crippen molar-refractivity contribution in [2.45, 2.75) is 6.92 Å². The molecule has 1 aliphatic rings. The maximum atomic E-state index is 12.7. The van der Waals surface area contributed by atoms with Gasteiger partial charge in [-0.2, -0.15) is 0 Å². The van der Waals surface area contributed by atoms with Crippen LogP contribution in [0.25, 0.3) is 0 Å². The first-order valence-corrected chi connectivity index (χ1v) is 8.40. The number of carbonyl (C=O) groups is 1. The van der Waals surface area contributed by atoms with Crippen LogP contribution < -0.4 is 4.90 Å². The monoisotopic (exact) mass is 370 g/mol. The molecule has 140 valence electrons. The number of non-ortho nitro benzene ring substituents is 1. The molecule has 0 aromatic heterocycles. The molecule has 0 spiro atoms. The summed E-state index contributed by atoms with van der Waals surface area (Å²) in [5, 5.41) is 21.6. The van der Waals surface area contributed by atoms with E-state index in [2.05, 4.69) is 4.90 Å². The molecule has 2 aromatic carbocycles. The number of hydrogen-bond donors (Lipinski definition) is 0. The van der Waals surface area contributed by atoms with Crippen molar-refractivity contribution in [3.8, 4) is 0 Å². The number of nitro groups is 2. The van der Waals surface area contributed by atoms with E-state index in [0.717, 1.165) is 5.69 Å². The summed E-state index contributed by atoms with van der Waals surface area (Å²) in [6, 6.07) is 10.7. The Labute approximate surface area is 155 Å². The van der Waals surface area contributed by atoms with Crippen molar-refractivity contribution >= 4 is 23.0 Å². The maximum Gasteiger partial charge on any atom is 0.272 e. The number of amides is 1. The van der Waals surface area contributed by atoms with Crippen LogP contribution in [-0.2, 0) is 0 Å². The lowest BCUT2D eigenvalue weighted by Crippen LogP contribution is -2.48. The summed E-state index contributed by atoms with van der Waals surface area (Å²) in [7, 11) is 0. The summed E-state index contributed by atoms with van der Waals surface area (Å²) in [5.41, 5.74) is 1.80. The lowest BCUT2D eigenvalue weighted by molar-refractivity contribution is -0.385. The Kier molecular flexibility index (Phi) is 5.02. The molecule has 0 saturated carbocycles. The van der Waals surface area contributed by atoms with Crippen LogP contribution in [-0.4, -0.2) is 46.8 Å². The predicted octanol–water partition coefficient (Wildman–Crippen LogP) is 2.77. The molecule has 2 aromatic rings. The van der Waals surface area contributed by atoms with Crippen LogP contribution in [0.4, 0.5) is 17.1 Å². The summed E-state index contributed by atoms with van der Waals surface area (Å²) in [6.07, 6.45) is 0. The number of anilines is 1. The quantitative estimate of drug-likeness (QED) is 0.604. The van der Waals surface area contributed by atoms with E-state index in [-0.39, 0.29) is 17.3 Å². The van der Waals surface area contributed by atoms with Crippen molar-refractivity contribution in [3.63, 3.8) is 0 Å². The molecule has 0 N–H and O–H groups in total. The van der Waals surface area contributed by atoms with Crippen molar-refractivity contribution in [1.82, 2.24) is 4.90 Å². The highest BCUT2D eigenvalue weighted by Crippen LogP contribution is 2.23. The van der Waals surface area contributed by atoms with Gasteiger partial charge < -0.3 is 9.80 Å². The fourth-order valence-corrected chi connectivity index (χ4v) is 3.13. The Morgan fingerprint density at radius 3 is 2.07 bits per heavy atom. The van der Waals surface area contributed by atoms with Crippen molar-refractivity contribution in [1.29, 1.82) is 0 Å². The van der Waals surface area contributed by atoms with E-state index in [4.69, 9.17) is 0 Å². The number of aryl methyl sites for hydroxylation is 1. The summed E-state index contributed by atoms with van der Waals surface area (Å²) >= 11 is 0. The molecule has 1 amide bonds. The van der Waals surface area contributed by atoms with Gasteiger partial charge in [-0.05, 0) is 31.2 Å². The fraction of sp³-hybridized carbons (Fsp3) is 0.278. The second-order valence-electron chi connectivity index (χ2n) is 6.31. The van der Waals surface area contributed by atoms with Crippen LogP contribution in [0.3, 0.4) is 0 Å². The number of nitrogens with zero attached hydrogens (tertiary/aromatic N) is 4. The largest absolute Gasteiger partial charge is 0.368 e. The molecule has 1 saturated heterocycles. The third kappa shape index (κ3) is 3.86. The Hall–Kier alpha value is -3.49. The number of rotatable bonds is 4. The molecule has 0 unspecified atom stereocenters. The first-order chi connectivity index (χ1) is 12.9. The molecule has 0 atom stereocenters. The van der Waals surface area contributed by atoms with E-state index in [9.17, 15) is 25.0 Å². The summed E-state index contributed by atoms with van der Waals surface area (Å²) in [6.45, 7) is 3.84. The van der Waals surface area contributed by atoms with Crippen LogP contribution >= 0.6 is 0 Å². The zero-order chi connectivity index (χ0) is 19.6. The van der Waals surface area contributed by atoms with E-state index in [1.54, 1.807) is 30.0 Å². The van der Waals surface area contributed by atoms with E-state index in [0.29, 0.717) is 37.3 Å². The molecule has 27 heavy (non-hydrogen) atoms. The molecule has 1 fully saturated rings. The highest BCUT2D eigenvalue weighted by molar-refractivity contribution is 5.95. The van der Waals surface area contributed by atoms with Gasteiger partial charge in [0.25, 0.3) is 17.3 Å². The minimum absolute atomic E-state index is 0.00506. The van der Waals surface area contributed by atoms with E-state index in [1.165, 1.54) is 24.3 Å². The molecule has 1 heterocycles. The van der Waals surface area contributed by atoms with E-state index >= 15 is 0 Å². The van der Waals surface area contributed by atoms with E-state index < -0.39 is 9.85 Å². The number of hydrogen-bond acceptors (Lipinski definition) is 6. The Balaban J connectivity index is 1.65. The standard InChI is InChI=1S/C18H18N4O5/c1-13-12-14(2-7-17(13)22(26)27)18(23)20-10-8-19(9-11-20)15-3-5-16(6-4-15)21(24)25/h2-7,12H,8-11H2,1H3. The predicted molar refractivity (Wildman–Crippen MR) is 99.0 cm³/mol. The highest BCUT2D eigenvalue weighted by Gasteiger charge is 2.24. The number of piperazine rings is 1. The van der Waals surface area contributed by atoms with Gasteiger partial charge in [-0.15, -0.1) is 0 Å². The summed E-state index contributed by atoms with van der Waals surface area (Å²) in [4.78, 5) is 37.2. The second kappa shape index (κ2) is 7.40. The highest BCUT2D eigenvalue weighted by atomic mass is 16.6. The third-order valence-electron chi connectivity index (χ3n) is 4.63. The molecule has 3 rings (SSSR count). The van der Waals surface area contributed by atoms with Gasteiger partial charge in [0.15, 0.2) is 0 Å². The van der Waals surface area contributed by atoms with Gasteiger partial charge >= 0.3 is 0 Å². The lowest BCUT2D eigenvalue weighted by Gasteiger charge is -2.36. The molecule has 0 bridgehead atoms. The van der Waals surface area contributed by atoms with Gasteiger partial charge in [-0.1, -0.05) is 0 Å².